The van der Waals surface area contributed by atoms with Crippen LogP contribution >= 0.6 is 11.8 Å². The molecule has 0 spiro atoms. The molecule has 12 heavy (non-hydrogen) atoms. The summed E-state index contributed by atoms with van der Waals surface area (Å²) in [7, 11) is 0. The second-order valence-electron chi connectivity index (χ2n) is 2.90. The van der Waals surface area contributed by atoms with Crippen LogP contribution in [-0.4, -0.2) is 24.6 Å². The molecule has 0 bridgehead atoms. The smallest absolute Gasteiger partial charge is 0.0284 e. The molecular weight excluding hydrogens is 166 g/mol. The minimum atomic E-state index is 0.535. The number of rotatable bonds is 7. The van der Waals surface area contributed by atoms with Crippen LogP contribution in [0.3, 0.4) is 0 Å². The number of likely N-dealkylation sites (N-methyl/N-ethyl adjacent to an activating group) is 1. The van der Waals surface area contributed by atoms with Gasteiger partial charge in [-0.3, -0.25) is 0 Å². The van der Waals surface area contributed by atoms with Gasteiger partial charge in [0.05, 0.1) is 0 Å². The zero-order valence-corrected chi connectivity index (χ0v) is 9.34. The summed E-state index contributed by atoms with van der Waals surface area (Å²) in [6, 6.07) is 0.535. The van der Waals surface area contributed by atoms with E-state index in [1.807, 2.05) is 11.8 Å². The summed E-state index contributed by atoms with van der Waals surface area (Å²) >= 11 is 1.90. The van der Waals surface area contributed by atoms with Crippen LogP contribution in [0.15, 0.2) is 12.2 Å². The van der Waals surface area contributed by atoms with E-state index in [1.54, 1.807) is 0 Å². The number of nitrogens with one attached hydrogen (secondary N) is 1. The summed E-state index contributed by atoms with van der Waals surface area (Å²) in [6.45, 7) is 9.43. The SMILES string of the molecule is C=C(CC)[C@H](CCSC)NCC. The highest BCUT2D eigenvalue weighted by Crippen LogP contribution is 2.10. The third kappa shape index (κ3) is 4.83. The Morgan fingerprint density at radius 3 is 2.58 bits per heavy atom. The summed E-state index contributed by atoms with van der Waals surface area (Å²) in [5, 5.41) is 3.46. The number of hydrogen-bond donors (Lipinski definition) is 1. The van der Waals surface area contributed by atoms with E-state index in [2.05, 4.69) is 32.0 Å². The molecule has 1 atom stereocenters. The average molecular weight is 187 g/mol. The lowest BCUT2D eigenvalue weighted by Gasteiger charge is -2.18. The molecule has 0 radical (unpaired) electrons. The van der Waals surface area contributed by atoms with Crippen LogP contribution in [-0.2, 0) is 0 Å². The van der Waals surface area contributed by atoms with Gasteiger partial charge >= 0.3 is 0 Å². The molecule has 0 aromatic carbocycles. The van der Waals surface area contributed by atoms with Crippen LogP contribution in [0.25, 0.3) is 0 Å². The molecule has 0 fully saturated rings. The van der Waals surface area contributed by atoms with Gasteiger partial charge in [-0.15, -0.1) is 0 Å². The Morgan fingerprint density at radius 1 is 1.50 bits per heavy atom. The number of hydrogen-bond acceptors (Lipinski definition) is 2. The minimum absolute atomic E-state index is 0.535. The van der Waals surface area contributed by atoms with Crippen molar-refractivity contribution in [3.05, 3.63) is 12.2 Å². The zero-order valence-electron chi connectivity index (χ0n) is 8.52. The fourth-order valence-corrected chi connectivity index (χ4v) is 1.65. The molecular formula is C10H21NS. The first-order valence-electron chi connectivity index (χ1n) is 4.66. The molecule has 0 aliphatic heterocycles. The molecule has 1 nitrogen and oxygen atoms in total. The first kappa shape index (κ1) is 12.0. The van der Waals surface area contributed by atoms with Gasteiger partial charge in [0.25, 0.3) is 0 Å². The van der Waals surface area contributed by atoms with Crippen LogP contribution in [0.2, 0.25) is 0 Å². The maximum absolute atomic E-state index is 4.07. The van der Waals surface area contributed by atoms with E-state index < -0.39 is 0 Å². The summed E-state index contributed by atoms with van der Waals surface area (Å²) in [6.07, 6.45) is 4.45. The third-order valence-electron chi connectivity index (χ3n) is 2.01. The third-order valence-corrected chi connectivity index (χ3v) is 2.65. The van der Waals surface area contributed by atoms with Crippen molar-refractivity contribution in [2.45, 2.75) is 32.7 Å². The van der Waals surface area contributed by atoms with Crippen molar-refractivity contribution in [3.63, 3.8) is 0 Å². The van der Waals surface area contributed by atoms with Gasteiger partial charge in [-0.2, -0.15) is 11.8 Å². The predicted molar refractivity (Wildman–Crippen MR) is 59.9 cm³/mol. The van der Waals surface area contributed by atoms with Crippen LogP contribution in [0, 0.1) is 0 Å². The van der Waals surface area contributed by atoms with Gasteiger partial charge in [-0.25, -0.2) is 0 Å². The molecule has 0 saturated heterocycles. The van der Waals surface area contributed by atoms with Crippen LogP contribution in [0.1, 0.15) is 26.7 Å². The van der Waals surface area contributed by atoms with Gasteiger partial charge in [-0.1, -0.05) is 26.0 Å². The molecule has 72 valence electrons. The van der Waals surface area contributed by atoms with Gasteiger partial charge in [0.1, 0.15) is 0 Å². The fourth-order valence-electron chi connectivity index (χ4n) is 1.18. The molecule has 0 saturated carbocycles. The van der Waals surface area contributed by atoms with Gasteiger partial charge in [0.15, 0.2) is 0 Å². The first-order valence-corrected chi connectivity index (χ1v) is 6.05. The molecule has 0 unspecified atom stereocenters. The standard InChI is InChI=1S/C10H21NS/c1-5-9(3)10(11-6-2)7-8-12-4/h10-11H,3,5-8H2,1-2,4H3/t10-/m0/s1. The van der Waals surface area contributed by atoms with E-state index in [0.29, 0.717) is 6.04 Å². The molecule has 0 rings (SSSR count). The van der Waals surface area contributed by atoms with Crippen molar-refractivity contribution >= 4 is 11.8 Å². The second kappa shape index (κ2) is 7.69. The van der Waals surface area contributed by atoms with E-state index in [4.69, 9.17) is 0 Å². The molecule has 0 aliphatic rings. The van der Waals surface area contributed by atoms with Gasteiger partial charge in [-0.05, 0) is 31.4 Å². The average Bonchev–Trinajstić information content (AvgIpc) is 2.11. The topological polar surface area (TPSA) is 12.0 Å². The summed E-state index contributed by atoms with van der Waals surface area (Å²) in [4.78, 5) is 0. The minimum Gasteiger partial charge on any atom is -0.311 e. The maximum Gasteiger partial charge on any atom is 0.0284 e. The van der Waals surface area contributed by atoms with Gasteiger partial charge in [0.2, 0.25) is 0 Å². The van der Waals surface area contributed by atoms with Gasteiger partial charge in [0, 0.05) is 6.04 Å². The Kier molecular flexibility index (Phi) is 7.72. The maximum atomic E-state index is 4.07. The summed E-state index contributed by atoms with van der Waals surface area (Å²) < 4.78 is 0. The lowest BCUT2D eigenvalue weighted by atomic mass is 10.0. The Labute approximate surface area is 81.0 Å². The highest BCUT2D eigenvalue weighted by molar-refractivity contribution is 7.98. The van der Waals surface area contributed by atoms with Crippen molar-refractivity contribution < 1.29 is 0 Å². The predicted octanol–water partition coefficient (Wildman–Crippen LogP) is 2.68. The van der Waals surface area contributed by atoms with Crippen LogP contribution in [0.5, 0.6) is 0 Å². The highest BCUT2D eigenvalue weighted by Gasteiger charge is 2.08. The molecule has 1 N–H and O–H groups in total. The lowest BCUT2D eigenvalue weighted by Crippen LogP contribution is -2.30. The monoisotopic (exact) mass is 187 g/mol. The fraction of sp³-hybridized carbons (Fsp3) is 0.800. The second-order valence-corrected chi connectivity index (χ2v) is 3.89. The normalized spacial score (nSPS) is 12.9. The first-order chi connectivity index (χ1) is 5.76. The van der Waals surface area contributed by atoms with Crippen molar-refractivity contribution in [1.82, 2.24) is 5.32 Å². The van der Waals surface area contributed by atoms with E-state index in [9.17, 15) is 0 Å². The Hall–Kier alpha value is 0.0500. The molecule has 0 heterocycles. The lowest BCUT2D eigenvalue weighted by molar-refractivity contribution is 0.567. The quantitative estimate of drug-likeness (QED) is 0.615. The van der Waals surface area contributed by atoms with Crippen LogP contribution < -0.4 is 5.32 Å². The molecule has 0 aromatic heterocycles. The van der Waals surface area contributed by atoms with E-state index >= 15 is 0 Å². The molecule has 2 heteroatoms. The Morgan fingerprint density at radius 2 is 2.17 bits per heavy atom. The van der Waals surface area contributed by atoms with Crippen molar-refractivity contribution in [3.8, 4) is 0 Å². The van der Waals surface area contributed by atoms with Crippen LogP contribution in [0.4, 0.5) is 0 Å². The number of thioether (sulfide) groups is 1. The Bertz CT molecular complexity index is 123. The van der Waals surface area contributed by atoms with Crippen molar-refractivity contribution in [2.24, 2.45) is 0 Å². The Balaban J connectivity index is 3.76. The van der Waals surface area contributed by atoms with Crippen molar-refractivity contribution in [2.75, 3.05) is 18.6 Å². The highest BCUT2D eigenvalue weighted by atomic mass is 32.2. The molecule has 0 aromatic rings. The largest absolute Gasteiger partial charge is 0.311 e. The summed E-state index contributed by atoms with van der Waals surface area (Å²) in [5.74, 6) is 1.22. The summed E-state index contributed by atoms with van der Waals surface area (Å²) in [5.41, 5.74) is 1.34. The van der Waals surface area contributed by atoms with Crippen molar-refractivity contribution in [1.29, 1.82) is 0 Å². The zero-order chi connectivity index (χ0) is 9.40. The van der Waals surface area contributed by atoms with Gasteiger partial charge < -0.3 is 5.32 Å². The van der Waals surface area contributed by atoms with E-state index in [1.165, 1.54) is 17.7 Å². The van der Waals surface area contributed by atoms with E-state index in [0.717, 1.165) is 13.0 Å². The molecule has 0 aliphatic carbocycles. The molecule has 0 amide bonds. The van der Waals surface area contributed by atoms with E-state index in [-0.39, 0.29) is 0 Å².